The lowest BCUT2D eigenvalue weighted by atomic mass is 9.89. The number of nitrogens with one attached hydrogen (secondary N) is 2. The molecule has 5 nitrogen and oxygen atoms in total. The van der Waals surface area contributed by atoms with Gasteiger partial charge in [0.2, 0.25) is 11.8 Å². The van der Waals surface area contributed by atoms with Crippen LogP contribution in [0.4, 0.5) is 10.1 Å². The predicted octanol–water partition coefficient (Wildman–Crippen LogP) is 2.16. The molecule has 0 aliphatic carbocycles. The maximum atomic E-state index is 13.2. The summed E-state index contributed by atoms with van der Waals surface area (Å²) >= 11 is 0. The number of carbonyl (C=O) groups excluding carboxylic acids is 2. The Balaban J connectivity index is 1.78. The summed E-state index contributed by atoms with van der Waals surface area (Å²) in [5, 5.41) is 5.30. The van der Waals surface area contributed by atoms with Crippen LogP contribution in [0.3, 0.4) is 0 Å². The normalized spacial score (nSPS) is 17.0. The van der Waals surface area contributed by atoms with Gasteiger partial charge in [-0.05, 0) is 29.8 Å². The van der Waals surface area contributed by atoms with E-state index in [-0.39, 0.29) is 24.8 Å². The number of amides is 2. The minimum absolute atomic E-state index is 0.0443. The zero-order chi connectivity index (χ0) is 14.8. The monoisotopic (exact) mass is 288 g/mol. The highest BCUT2D eigenvalue weighted by atomic mass is 19.1. The number of fused-ring (bicyclic) bond motifs is 1. The van der Waals surface area contributed by atoms with Crippen molar-refractivity contribution in [1.82, 2.24) is 5.32 Å². The number of rotatable bonds is 3. The molecule has 0 fully saturated rings. The zero-order valence-electron chi connectivity index (χ0n) is 11.1. The molecule has 1 atom stereocenters. The van der Waals surface area contributed by atoms with Gasteiger partial charge >= 0.3 is 0 Å². The van der Waals surface area contributed by atoms with E-state index >= 15 is 0 Å². The van der Waals surface area contributed by atoms with Crippen LogP contribution in [-0.2, 0) is 16.1 Å². The highest BCUT2D eigenvalue weighted by Gasteiger charge is 2.30. The molecule has 6 heteroatoms. The zero-order valence-corrected chi connectivity index (χ0v) is 11.1. The molecule has 2 heterocycles. The molecular formula is C15H13FN2O3. The summed E-state index contributed by atoms with van der Waals surface area (Å²) < 4.78 is 18.4. The second-order valence-electron chi connectivity index (χ2n) is 4.83. The average molecular weight is 288 g/mol. The molecule has 1 aliphatic rings. The van der Waals surface area contributed by atoms with Crippen molar-refractivity contribution in [2.75, 3.05) is 5.32 Å². The molecule has 21 heavy (non-hydrogen) atoms. The molecule has 0 saturated heterocycles. The fourth-order valence-corrected chi connectivity index (χ4v) is 2.38. The van der Waals surface area contributed by atoms with E-state index in [0.29, 0.717) is 17.0 Å². The fourth-order valence-electron chi connectivity index (χ4n) is 2.38. The van der Waals surface area contributed by atoms with Crippen LogP contribution in [0.1, 0.15) is 23.7 Å². The van der Waals surface area contributed by atoms with Crippen LogP contribution in [0.25, 0.3) is 0 Å². The lowest BCUT2D eigenvalue weighted by Gasteiger charge is -2.24. The molecule has 0 bridgehead atoms. The summed E-state index contributed by atoms with van der Waals surface area (Å²) in [5.41, 5.74) is 0.970. The van der Waals surface area contributed by atoms with Gasteiger partial charge in [0.1, 0.15) is 11.6 Å². The van der Waals surface area contributed by atoms with E-state index < -0.39 is 11.7 Å². The van der Waals surface area contributed by atoms with Gasteiger partial charge in [0.25, 0.3) is 0 Å². The number of halogens is 1. The Morgan fingerprint density at radius 2 is 2.29 bits per heavy atom. The molecule has 2 aromatic rings. The van der Waals surface area contributed by atoms with Gasteiger partial charge in [0.15, 0.2) is 0 Å². The highest BCUT2D eigenvalue weighted by molar-refractivity contribution is 6.01. The Labute approximate surface area is 120 Å². The van der Waals surface area contributed by atoms with Gasteiger partial charge < -0.3 is 15.1 Å². The van der Waals surface area contributed by atoms with E-state index in [4.69, 9.17) is 4.42 Å². The first kappa shape index (κ1) is 13.4. The van der Waals surface area contributed by atoms with Crippen LogP contribution >= 0.6 is 0 Å². The lowest BCUT2D eigenvalue weighted by Crippen LogP contribution is -2.34. The minimum Gasteiger partial charge on any atom is -0.467 e. The predicted molar refractivity (Wildman–Crippen MR) is 72.9 cm³/mol. The number of hydrogen-bond donors (Lipinski definition) is 2. The van der Waals surface area contributed by atoms with Crippen molar-refractivity contribution in [1.29, 1.82) is 0 Å². The molecule has 108 valence electrons. The Bertz CT molecular complexity index is 682. The molecule has 2 amide bonds. The van der Waals surface area contributed by atoms with E-state index in [2.05, 4.69) is 10.6 Å². The van der Waals surface area contributed by atoms with Crippen LogP contribution in [0.15, 0.2) is 41.0 Å². The van der Waals surface area contributed by atoms with Crippen LogP contribution in [0, 0.1) is 5.82 Å². The summed E-state index contributed by atoms with van der Waals surface area (Å²) in [6, 6.07) is 7.51. The van der Waals surface area contributed by atoms with E-state index in [9.17, 15) is 14.0 Å². The number of furan rings is 1. The fraction of sp³-hybridized carbons (Fsp3) is 0.200. The van der Waals surface area contributed by atoms with Crippen LogP contribution in [-0.4, -0.2) is 11.8 Å². The van der Waals surface area contributed by atoms with Crippen molar-refractivity contribution in [2.45, 2.75) is 18.9 Å². The second-order valence-corrected chi connectivity index (χ2v) is 4.83. The van der Waals surface area contributed by atoms with Crippen molar-refractivity contribution in [3.63, 3.8) is 0 Å². The first-order valence-electron chi connectivity index (χ1n) is 6.53. The van der Waals surface area contributed by atoms with Gasteiger partial charge in [0.05, 0.1) is 18.7 Å². The molecule has 0 unspecified atom stereocenters. The summed E-state index contributed by atoms with van der Waals surface area (Å²) in [4.78, 5) is 23.9. The van der Waals surface area contributed by atoms with Gasteiger partial charge in [-0.15, -0.1) is 0 Å². The smallest absolute Gasteiger partial charge is 0.228 e. The largest absolute Gasteiger partial charge is 0.467 e. The Hall–Kier alpha value is -2.63. The highest BCUT2D eigenvalue weighted by Crippen LogP contribution is 2.32. The number of benzene rings is 1. The maximum absolute atomic E-state index is 13.2. The van der Waals surface area contributed by atoms with Gasteiger partial charge in [-0.1, -0.05) is 6.07 Å². The van der Waals surface area contributed by atoms with Crippen LogP contribution < -0.4 is 10.6 Å². The molecule has 1 aromatic carbocycles. The summed E-state index contributed by atoms with van der Waals surface area (Å²) in [6.45, 7) is 0.250. The Morgan fingerprint density at radius 1 is 1.43 bits per heavy atom. The van der Waals surface area contributed by atoms with E-state index in [1.165, 1.54) is 24.5 Å². The number of carbonyl (C=O) groups is 2. The summed E-state index contributed by atoms with van der Waals surface area (Å²) in [7, 11) is 0. The van der Waals surface area contributed by atoms with Gasteiger partial charge in [-0.25, -0.2) is 4.39 Å². The SMILES string of the molecule is O=C1C[C@@H](C(=O)NCc2ccco2)c2ccc(F)cc2N1. The molecular weight excluding hydrogens is 275 g/mol. The van der Waals surface area contributed by atoms with Crippen LogP contribution in [0.2, 0.25) is 0 Å². The molecule has 0 spiro atoms. The van der Waals surface area contributed by atoms with E-state index in [0.717, 1.165) is 0 Å². The van der Waals surface area contributed by atoms with Crippen molar-refractivity contribution in [3.8, 4) is 0 Å². The lowest BCUT2D eigenvalue weighted by molar-refractivity contribution is -0.126. The Kier molecular flexibility index (Phi) is 3.43. The van der Waals surface area contributed by atoms with Crippen molar-refractivity contribution >= 4 is 17.5 Å². The molecule has 0 radical (unpaired) electrons. The second kappa shape index (κ2) is 5.40. The van der Waals surface area contributed by atoms with Gasteiger partial charge in [-0.3, -0.25) is 9.59 Å². The third kappa shape index (κ3) is 2.79. The maximum Gasteiger partial charge on any atom is 0.228 e. The third-order valence-corrected chi connectivity index (χ3v) is 3.39. The van der Waals surface area contributed by atoms with Crippen LogP contribution in [0.5, 0.6) is 0 Å². The molecule has 3 rings (SSSR count). The minimum atomic E-state index is -0.621. The third-order valence-electron chi connectivity index (χ3n) is 3.39. The molecule has 0 saturated carbocycles. The summed E-state index contributed by atoms with van der Waals surface area (Å²) in [5.74, 6) is -1.03. The molecule has 2 N–H and O–H groups in total. The first-order valence-corrected chi connectivity index (χ1v) is 6.53. The van der Waals surface area contributed by atoms with Gasteiger partial charge in [0, 0.05) is 12.1 Å². The first-order chi connectivity index (χ1) is 10.1. The number of hydrogen-bond acceptors (Lipinski definition) is 3. The van der Waals surface area contributed by atoms with Crippen molar-refractivity contribution in [3.05, 3.63) is 53.7 Å². The van der Waals surface area contributed by atoms with E-state index in [1.807, 2.05) is 0 Å². The topological polar surface area (TPSA) is 71.3 Å². The van der Waals surface area contributed by atoms with Crippen molar-refractivity contribution < 1.29 is 18.4 Å². The van der Waals surface area contributed by atoms with Crippen molar-refractivity contribution in [2.24, 2.45) is 0 Å². The molecule has 1 aromatic heterocycles. The van der Waals surface area contributed by atoms with E-state index in [1.54, 1.807) is 12.1 Å². The Morgan fingerprint density at radius 3 is 3.05 bits per heavy atom. The quantitative estimate of drug-likeness (QED) is 0.909. The summed E-state index contributed by atoms with van der Waals surface area (Å²) in [6.07, 6.45) is 1.57. The van der Waals surface area contributed by atoms with Gasteiger partial charge in [-0.2, -0.15) is 0 Å². The average Bonchev–Trinajstić information content (AvgIpc) is 2.96. The standard InChI is InChI=1S/C15H13FN2O3/c16-9-3-4-11-12(7-14(19)18-13(11)6-9)15(20)17-8-10-2-1-5-21-10/h1-6,12H,7-8H2,(H,17,20)(H,18,19)/t12-/m1/s1. The molecule has 1 aliphatic heterocycles. The number of anilines is 1.